The zero-order valence-electron chi connectivity index (χ0n) is 11.9. The number of methoxy groups -OCH3 is 1. The third-order valence-corrected chi connectivity index (χ3v) is 3.48. The number of ether oxygens (including phenoxy) is 1. The van der Waals surface area contributed by atoms with Crippen molar-refractivity contribution in [2.75, 3.05) is 20.3 Å². The molecule has 3 N–H and O–H groups in total. The van der Waals surface area contributed by atoms with Crippen LogP contribution in [0.3, 0.4) is 0 Å². The van der Waals surface area contributed by atoms with E-state index in [0.717, 1.165) is 6.42 Å². The lowest BCUT2D eigenvalue weighted by atomic mass is 9.81. The van der Waals surface area contributed by atoms with E-state index in [1.165, 1.54) is 0 Å². The number of hydrogen-bond acceptors (Lipinski definition) is 3. The fraction of sp³-hybridized carbons (Fsp3) is 0.923. The van der Waals surface area contributed by atoms with Crippen molar-refractivity contribution in [3.63, 3.8) is 0 Å². The number of carbonyl (C=O) groups excluding carboxylic acids is 1. The molecule has 4 heteroatoms. The molecular weight excluding hydrogens is 216 g/mol. The Morgan fingerprint density at radius 3 is 2.47 bits per heavy atom. The van der Waals surface area contributed by atoms with Gasteiger partial charge in [-0.15, -0.1) is 0 Å². The SMILES string of the molecule is COCCCC(N)C(=O)NCC(C)(C)C(C)C. The van der Waals surface area contributed by atoms with Gasteiger partial charge in [0.1, 0.15) is 0 Å². The van der Waals surface area contributed by atoms with Crippen molar-refractivity contribution in [1.29, 1.82) is 0 Å². The van der Waals surface area contributed by atoms with E-state index in [4.69, 9.17) is 10.5 Å². The average molecular weight is 244 g/mol. The summed E-state index contributed by atoms with van der Waals surface area (Å²) >= 11 is 0. The molecule has 0 aromatic heterocycles. The van der Waals surface area contributed by atoms with Crippen LogP contribution in [-0.2, 0) is 9.53 Å². The molecule has 1 amide bonds. The summed E-state index contributed by atoms with van der Waals surface area (Å²) in [6.07, 6.45) is 1.49. The molecule has 0 saturated carbocycles. The van der Waals surface area contributed by atoms with Crippen LogP contribution in [0, 0.1) is 11.3 Å². The minimum absolute atomic E-state index is 0.0603. The largest absolute Gasteiger partial charge is 0.385 e. The molecule has 102 valence electrons. The first-order valence-corrected chi connectivity index (χ1v) is 6.33. The maximum absolute atomic E-state index is 11.7. The van der Waals surface area contributed by atoms with Crippen LogP contribution in [0.5, 0.6) is 0 Å². The fourth-order valence-electron chi connectivity index (χ4n) is 1.23. The molecule has 1 atom stereocenters. The summed E-state index contributed by atoms with van der Waals surface area (Å²) in [5.41, 5.74) is 5.89. The molecule has 17 heavy (non-hydrogen) atoms. The summed E-state index contributed by atoms with van der Waals surface area (Å²) in [5, 5.41) is 2.93. The molecule has 0 fully saturated rings. The molecular formula is C13H28N2O2. The Balaban J connectivity index is 3.93. The lowest BCUT2D eigenvalue weighted by molar-refractivity contribution is -0.123. The number of hydrogen-bond donors (Lipinski definition) is 2. The monoisotopic (exact) mass is 244 g/mol. The van der Waals surface area contributed by atoms with Crippen LogP contribution in [0.25, 0.3) is 0 Å². The van der Waals surface area contributed by atoms with Crippen molar-refractivity contribution >= 4 is 5.91 Å². The van der Waals surface area contributed by atoms with Gasteiger partial charge in [0.15, 0.2) is 0 Å². The van der Waals surface area contributed by atoms with Crippen LogP contribution in [-0.4, -0.2) is 32.2 Å². The van der Waals surface area contributed by atoms with Gasteiger partial charge >= 0.3 is 0 Å². The molecule has 1 unspecified atom stereocenters. The summed E-state index contributed by atoms with van der Waals surface area (Å²) in [7, 11) is 1.65. The Hall–Kier alpha value is -0.610. The number of rotatable bonds is 8. The Kier molecular flexibility index (Phi) is 7.39. The lowest BCUT2D eigenvalue weighted by Gasteiger charge is -2.29. The van der Waals surface area contributed by atoms with Crippen LogP contribution in [0.1, 0.15) is 40.5 Å². The van der Waals surface area contributed by atoms with E-state index >= 15 is 0 Å². The summed E-state index contributed by atoms with van der Waals surface area (Å²) in [6.45, 7) is 9.93. The van der Waals surface area contributed by atoms with Crippen LogP contribution >= 0.6 is 0 Å². The molecule has 0 saturated heterocycles. The van der Waals surface area contributed by atoms with Crippen molar-refractivity contribution in [2.45, 2.75) is 46.6 Å². The summed E-state index contributed by atoms with van der Waals surface area (Å²) in [5.74, 6) is 0.461. The zero-order valence-corrected chi connectivity index (χ0v) is 11.9. The molecule has 0 heterocycles. The second kappa shape index (κ2) is 7.67. The molecule has 0 spiro atoms. The zero-order chi connectivity index (χ0) is 13.5. The second-order valence-electron chi connectivity index (χ2n) is 5.60. The van der Waals surface area contributed by atoms with Crippen LogP contribution < -0.4 is 11.1 Å². The second-order valence-corrected chi connectivity index (χ2v) is 5.60. The van der Waals surface area contributed by atoms with Gasteiger partial charge in [-0.3, -0.25) is 4.79 Å². The molecule has 0 aliphatic carbocycles. The predicted octanol–water partition coefficient (Wildman–Crippen LogP) is 1.54. The van der Waals surface area contributed by atoms with E-state index in [1.807, 2.05) is 0 Å². The topological polar surface area (TPSA) is 64.3 Å². The van der Waals surface area contributed by atoms with Crippen LogP contribution in [0.2, 0.25) is 0 Å². The van der Waals surface area contributed by atoms with E-state index < -0.39 is 6.04 Å². The fourth-order valence-corrected chi connectivity index (χ4v) is 1.23. The van der Waals surface area contributed by atoms with E-state index in [9.17, 15) is 4.79 Å². The Morgan fingerprint density at radius 1 is 1.41 bits per heavy atom. The Morgan fingerprint density at radius 2 is 2.00 bits per heavy atom. The van der Waals surface area contributed by atoms with E-state index in [2.05, 4.69) is 33.0 Å². The quantitative estimate of drug-likeness (QED) is 0.637. The third-order valence-electron chi connectivity index (χ3n) is 3.48. The van der Waals surface area contributed by atoms with Gasteiger partial charge in [0.2, 0.25) is 5.91 Å². The van der Waals surface area contributed by atoms with Gasteiger partial charge in [0, 0.05) is 20.3 Å². The van der Waals surface area contributed by atoms with Crippen molar-refractivity contribution in [3.8, 4) is 0 Å². The normalized spacial score (nSPS) is 13.8. The first kappa shape index (κ1) is 16.4. The highest BCUT2D eigenvalue weighted by atomic mass is 16.5. The van der Waals surface area contributed by atoms with Crippen molar-refractivity contribution in [1.82, 2.24) is 5.32 Å². The molecule has 0 rings (SSSR count). The standard InChI is InChI=1S/C13H28N2O2/c1-10(2)13(3,4)9-15-12(16)11(14)7-6-8-17-5/h10-11H,6-9,14H2,1-5H3,(H,15,16). The molecule has 0 aliphatic rings. The van der Waals surface area contributed by atoms with Gasteiger partial charge in [0.25, 0.3) is 0 Å². The maximum atomic E-state index is 11.7. The minimum Gasteiger partial charge on any atom is -0.385 e. The highest BCUT2D eigenvalue weighted by Gasteiger charge is 2.24. The lowest BCUT2D eigenvalue weighted by Crippen LogP contribution is -2.45. The molecule has 4 nitrogen and oxygen atoms in total. The molecule has 0 bridgehead atoms. The number of nitrogens with two attached hydrogens (primary N) is 1. The highest BCUT2D eigenvalue weighted by molar-refractivity contribution is 5.81. The first-order chi connectivity index (χ1) is 7.81. The summed E-state index contributed by atoms with van der Waals surface area (Å²) in [4.78, 5) is 11.7. The average Bonchev–Trinajstić information content (AvgIpc) is 2.26. The third kappa shape index (κ3) is 6.64. The van der Waals surface area contributed by atoms with Gasteiger partial charge in [0.05, 0.1) is 6.04 Å². The van der Waals surface area contributed by atoms with Crippen molar-refractivity contribution in [2.24, 2.45) is 17.1 Å². The minimum atomic E-state index is -0.423. The van der Waals surface area contributed by atoms with Gasteiger partial charge in [-0.1, -0.05) is 27.7 Å². The maximum Gasteiger partial charge on any atom is 0.236 e. The summed E-state index contributed by atoms with van der Waals surface area (Å²) < 4.78 is 4.93. The first-order valence-electron chi connectivity index (χ1n) is 6.33. The number of nitrogens with one attached hydrogen (secondary N) is 1. The number of amides is 1. The van der Waals surface area contributed by atoms with Gasteiger partial charge in [-0.05, 0) is 24.2 Å². The summed E-state index contributed by atoms with van der Waals surface area (Å²) in [6, 6.07) is -0.423. The number of carbonyl (C=O) groups is 1. The van der Waals surface area contributed by atoms with Crippen LogP contribution in [0.15, 0.2) is 0 Å². The molecule has 0 radical (unpaired) electrons. The molecule has 0 aromatic rings. The molecule has 0 aromatic carbocycles. The van der Waals surface area contributed by atoms with Gasteiger partial charge in [-0.25, -0.2) is 0 Å². The Bertz CT molecular complexity index is 227. The van der Waals surface area contributed by atoms with Gasteiger partial charge < -0.3 is 15.8 Å². The van der Waals surface area contributed by atoms with E-state index in [0.29, 0.717) is 25.5 Å². The highest BCUT2D eigenvalue weighted by Crippen LogP contribution is 2.24. The van der Waals surface area contributed by atoms with E-state index in [1.54, 1.807) is 7.11 Å². The Labute approximate surface area is 105 Å². The van der Waals surface area contributed by atoms with Crippen molar-refractivity contribution < 1.29 is 9.53 Å². The van der Waals surface area contributed by atoms with E-state index in [-0.39, 0.29) is 11.3 Å². The smallest absolute Gasteiger partial charge is 0.236 e. The molecule has 0 aliphatic heterocycles. The predicted molar refractivity (Wildman–Crippen MR) is 70.7 cm³/mol. The van der Waals surface area contributed by atoms with Gasteiger partial charge in [-0.2, -0.15) is 0 Å². The van der Waals surface area contributed by atoms with Crippen LogP contribution in [0.4, 0.5) is 0 Å². The van der Waals surface area contributed by atoms with Crippen molar-refractivity contribution in [3.05, 3.63) is 0 Å².